The summed E-state index contributed by atoms with van der Waals surface area (Å²) in [6.45, 7) is 0.883. The zero-order chi connectivity index (χ0) is 7.68. The fourth-order valence-electron chi connectivity index (χ4n) is 2.01. The Morgan fingerprint density at radius 3 is 3.18 bits per heavy atom. The smallest absolute Gasteiger partial charge is 0.227 e. The van der Waals surface area contributed by atoms with Gasteiger partial charge in [0.15, 0.2) is 0 Å². The molecule has 1 amide bonds. The van der Waals surface area contributed by atoms with E-state index in [0.29, 0.717) is 5.92 Å². The summed E-state index contributed by atoms with van der Waals surface area (Å²) >= 11 is 0. The van der Waals surface area contributed by atoms with Gasteiger partial charge in [-0.1, -0.05) is 12.2 Å². The zero-order valence-corrected chi connectivity index (χ0v) is 6.55. The minimum atomic E-state index is 0.192. The Kier molecular flexibility index (Phi) is 1.68. The summed E-state index contributed by atoms with van der Waals surface area (Å²) in [5.41, 5.74) is 0. The highest BCUT2D eigenvalue weighted by molar-refractivity contribution is 5.81. The lowest BCUT2D eigenvalue weighted by Crippen LogP contribution is -2.41. The Morgan fingerprint density at radius 2 is 2.36 bits per heavy atom. The number of amides is 1. The molecule has 2 nitrogen and oxygen atoms in total. The van der Waals surface area contributed by atoms with Crippen LogP contribution in [0.15, 0.2) is 12.2 Å². The second-order valence-corrected chi connectivity index (χ2v) is 3.37. The van der Waals surface area contributed by atoms with Gasteiger partial charge in [0, 0.05) is 6.54 Å². The number of nitrogens with one attached hydrogen (secondary N) is 1. The molecule has 11 heavy (non-hydrogen) atoms. The van der Waals surface area contributed by atoms with Crippen LogP contribution in [0.5, 0.6) is 0 Å². The highest BCUT2D eigenvalue weighted by Gasteiger charge is 2.30. The fourth-order valence-corrected chi connectivity index (χ4v) is 2.01. The van der Waals surface area contributed by atoms with Crippen LogP contribution in [0.4, 0.5) is 0 Å². The molecule has 0 bridgehead atoms. The molecule has 2 aliphatic rings. The third kappa shape index (κ3) is 1.17. The largest absolute Gasteiger partial charge is 0.356 e. The molecule has 0 spiro atoms. The minimum Gasteiger partial charge on any atom is -0.356 e. The molecule has 2 atom stereocenters. The summed E-state index contributed by atoms with van der Waals surface area (Å²) < 4.78 is 0. The molecule has 0 aromatic heterocycles. The predicted molar refractivity (Wildman–Crippen MR) is 43.0 cm³/mol. The normalized spacial score (nSPS) is 36.2. The molecule has 0 saturated carbocycles. The van der Waals surface area contributed by atoms with E-state index in [1.807, 2.05) is 0 Å². The van der Waals surface area contributed by atoms with Crippen LogP contribution in [0, 0.1) is 11.8 Å². The molecule has 1 saturated heterocycles. The van der Waals surface area contributed by atoms with Gasteiger partial charge >= 0.3 is 0 Å². The van der Waals surface area contributed by atoms with Crippen molar-refractivity contribution in [2.24, 2.45) is 11.8 Å². The summed E-state index contributed by atoms with van der Waals surface area (Å²) in [4.78, 5) is 11.3. The molecule has 2 heteroatoms. The van der Waals surface area contributed by atoms with Gasteiger partial charge in [0.2, 0.25) is 5.91 Å². The van der Waals surface area contributed by atoms with Crippen molar-refractivity contribution in [3.63, 3.8) is 0 Å². The van der Waals surface area contributed by atoms with Gasteiger partial charge in [-0.25, -0.2) is 0 Å². The van der Waals surface area contributed by atoms with Crippen molar-refractivity contribution < 1.29 is 4.79 Å². The average molecular weight is 151 g/mol. The van der Waals surface area contributed by atoms with E-state index < -0.39 is 0 Å². The second kappa shape index (κ2) is 2.68. The molecular formula is C9H13NO. The number of fused-ring (bicyclic) bond motifs is 1. The SMILES string of the molecule is O=C1NCC[C@H]2CCC=C[C@@H]12. The van der Waals surface area contributed by atoms with Crippen molar-refractivity contribution >= 4 is 5.91 Å². The number of rotatable bonds is 0. The molecule has 0 radical (unpaired) electrons. The van der Waals surface area contributed by atoms with Gasteiger partial charge in [0.05, 0.1) is 5.92 Å². The van der Waals surface area contributed by atoms with E-state index in [0.717, 1.165) is 13.0 Å². The van der Waals surface area contributed by atoms with E-state index >= 15 is 0 Å². The molecule has 60 valence electrons. The Labute approximate surface area is 66.7 Å². The summed E-state index contributed by atoms with van der Waals surface area (Å²) in [6.07, 6.45) is 7.73. The highest BCUT2D eigenvalue weighted by atomic mass is 16.1. The van der Waals surface area contributed by atoms with Crippen molar-refractivity contribution in [3.05, 3.63) is 12.2 Å². The summed E-state index contributed by atoms with van der Waals surface area (Å²) in [7, 11) is 0. The van der Waals surface area contributed by atoms with E-state index in [9.17, 15) is 4.79 Å². The molecule has 0 aromatic carbocycles. The van der Waals surface area contributed by atoms with Crippen LogP contribution in [-0.2, 0) is 4.79 Å². The molecule has 0 aromatic rings. The first-order valence-electron chi connectivity index (χ1n) is 4.32. The van der Waals surface area contributed by atoms with E-state index in [1.165, 1.54) is 12.8 Å². The van der Waals surface area contributed by atoms with Crippen LogP contribution in [-0.4, -0.2) is 12.5 Å². The van der Waals surface area contributed by atoms with Crippen molar-refractivity contribution in [2.75, 3.05) is 6.54 Å². The molecule has 0 unspecified atom stereocenters. The fraction of sp³-hybridized carbons (Fsp3) is 0.667. The van der Waals surface area contributed by atoms with Crippen molar-refractivity contribution in [2.45, 2.75) is 19.3 Å². The minimum absolute atomic E-state index is 0.192. The first kappa shape index (κ1) is 6.89. The summed E-state index contributed by atoms with van der Waals surface area (Å²) in [5.74, 6) is 1.06. The molecular weight excluding hydrogens is 138 g/mol. The Bertz CT molecular complexity index is 198. The number of carbonyl (C=O) groups is 1. The number of hydrogen-bond acceptors (Lipinski definition) is 1. The van der Waals surface area contributed by atoms with E-state index in [1.54, 1.807) is 0 Å². The maximum absolute atomic E-state index is 11.3. The number of carbonyl (C=O) groups excluding carboxylic acids is 1. The molecule has 2 rings (SSSR count). The third-order valence-corrected chi connectivity index (χ3v) is 2.67. The number of allylic oxidation sites excluding steroid dienone is 1. The highest BCUT2D eigenvalue weighted by Crippen LogP contribution is 2.29. The monoisotopic (exact) mass is 151 g/mol. The van der Waals surface area contributed by atoms with Crippen LogP contribution < -0.4 is 5.32 Å². The third-order valence-electron chi connectivity index (χ3n) is 2.67. The van der Waals surface area contributed by atoms with Crippen molar-refractivity contribution in [3.8, 4) is 0 Å². The molecule has 1 fully saturated rings. The predicted octanol–water partition coefficient (Wildman–Crippen LogP) is 1.09. The van der Waals surface area contributed by atoms with Gasteiger partial charge in [0.1, 0.15) is 0 Å². The number of hydrogen-bond donors (Lipinski definition) is 1. The van der Waals surface area contributed by atoms with E-state index in [2.05, 4.69) is 17.5 Å². The lowest BCUT2D eigenvalue weighted by molar-refractivity contribution is -0.127. The van der Waals surface area contributed by atoms with Crippen LogP contribution in [0.1, 0.15) is 19.3 Å². The first-order chi connectivity index (χ1) is 5.38. The summed E-state index contributed by atoms with van der Waals surface area (Å²) in [5, 5.41) is 2.89. The van der Waals surface area contributed by atoms with Gasteiger partial charge in [-0.05, 0) is 25.2 Å². The maximum atomic E-state index is 11.3. The zero-order valence-electron chi connectivity index (χ0n) is 6.55. The Balaban J connectivity index is 2.16. The molecule has 1 aliphatic carbocycles. The molecule has 1 N–H and O–H groups in total. The quantitative estimate of drug-likeness (QED) is 0.516. The Morgan fingerprint density at radius 1 is 1.45 bits per heavy atom. The van der Waals surface area contributed by atoms with E-state index in [4.69, 9.17) is 0 Å². The lowest BCUT2D eigenvalue weighted by Gasteiger charge is -2.31. The van der Waals surface area contributed by atoms with Gasteiger partial charge in [-0.2, -0.15) is 0 Å². The van der Waals surface area contributed by atoms with E-state index in [-0.39, 0.29) is 11.8 Å². The van der Waals surface area contributed by atoms with Crippen LogP contribution in [0.3, 0.4) is 0 Å². The van der Waals surface area contributed by atoms with Crippen molar-refractivity contribution in [1.82, 2.24) is 5.32 Å². The maximum Gasteiger partial charge on any atom is 0.227 e. The van der Waals surface area contributed by atoms with Crippen LogP contribution >= 0.6 is 0 Å². The van der Waals surface area contributed by atoms with Gasteiger partial charge in [-0.3, -0.25) is 4.79 Å². The van der Waals surface area contributed by atoms with Crippen LogP contribution in [0.2, 0.25) is 0 Å². The first-order valence-corrected chi connectivity index (χ1v) is 4.32. The second-order valence-electron chi connectivity index (χ2n) is 3.37. The standard InChI is InChI=1S/C9H13NO/c11-9-8-4-2-1-3-7(8)5-6-10-9/h2,4,7-8H,1,3,5-6H2,(H,10,11)/t7-,8-/m1/s1. The average Bonchev–Trinajstić information content (AvgIpc) is 2.06. The summed E-state index contributed by atoms with van der Waals surface area (Å²) in [6, 6.07) is 0. The van der Waals surface area contributed by atoms with Crippen molar-refractivity contribution in [1.29, 1.82) is 0 Å². The Hall–Kier alpha value is -0.790. The molecule has 1 aliphatic heterocycles. The lowest BCUT2D eigenvalue weighted by atomic mass is 9.79. The van der Waals surface area contributed by atoms with Gasteiger partial charge in [-0.15, -0.1) is 0 Å². The number of piperidine rings is 1. The molecule has 1 heterocycles. The van der Waals surface area contributed by atoms with Gasteiger partial charge < -0.3 is 5.32 Å². The van der Waals surface area contributed by atoms with Gasteiger partial charge in [0.25, 0.3) is 0 Å². The van der Waals surface area contributed by atoms with Crippen LogP contribution in [0.25, 0.3) is 0 Å². The topological polar surface area (TPSA) is 29.1 Å².